The maximum absolute atomic E-state index is 12.1. The minimum absolute atomic E-state index is 0.242. The van der Waals surface area contributed by atoms with Gasteiger partial charge in [-0.15, -0.1) is 0 Å². The lowest BCUT2D eigenvalue weighted by Crippen LogP contribution is -2.15. The number of pyridine rings is 1. The average molecular weight is 303 g/mol. The number of ether oxygens (including phenoxy) is 1. The van der Waals surface area contributed by atoms with Gasteiger partial charge in [-0.2, -0.15) is 0 Å². The summed E-state index contributed by atoms with van der Waals surface area (Å²) < 4.78 is 5.20. The second-order valence-electron chi connectivity index (χ2n) is 4.18. The third kappa shape index (κ3) is 3.46. The summed E-state index contributed by atoms with van der Waals surface area (Å²) in [5.74, 6) is 0.0747. The van der Waals surface area contributed by atoms with Crippen molar-refractivity contribution in [3.63, 3.8) is 0 Å². The molecule has 1 amide bonds. The van der Waals surface area contributed by atoms with E-state index in [1.807, 2.05) is 0 Å². The Kier molecular flexibility index (Phi) is 4.34. The number of rotatable bonds is 4. The topological polar surface area (TPSA) is 97.2 Å². The molecule has 0 bridgehead atoms. The third-order valence-electron chi connectivity index (χ3n) is 2.78. The summed E-state index contributed by atoms with van der Waals surface area (Å²) in [5, 5.41) is 2.69. The zero-order valence-electron chi connectivity index (χ0n) is 11.2. The highest BCUT2D eigenvalue weighted by molar-refractivity contribution is 7.80. The molecule has 0 spiro atoms. The van der Waals surface area contributed by atoms with Crippen molar-refractivity contribution in [2.75, 3.05) is 12.4 Å². The second-order valence-corrected chi connectivity index (χ2v) is 4.61. The van der Waals surface area contributed by atoms with E-state index in [9.17, 15) is 9.59 Å². The summed E-state index contributed by atoms with van der Waals surface area (Å²) >= 11 is 4.89. The molecule has 2 rings (SSSR count). The minimum Gasteiger partial charge on any atom is -0.495 e. The number of methoxy groups -OCH3 is 1. The molecule has 108 valence electrons. The Morgan fingerprint density at radius 2 is 2.00 bits per heavy atom. The van der Waals surface area contributed by atoms with Crippen molar-refractivity contribution in [2.24, 2.45) is 5.73 Å². The van der Waals surface area contributed by atoms with Crippen LogP contribution in [0.4, 0.5) is 5.69 Å². The predicted molar refractivity (Wildman–Crippen MR) is 83.9 cm³/mol. The number of hydrogen-bond acceptors (Lipinski definition) is 4. The fourth-order valence-electron chi connectivity index (χ4n) is 1.69. The van der Waals surface area contributed by atoms with Gasteiger partial charge >= 0.3 is 0 Å². The molecule has 4 N–H and O–H groups in total. The Balaban J connectivity index is 2.26. The molecule has 0 atom stereocenters. The summed E-state index contributed by atoms with van der Waals surface area (Å²) in [7, 11) is 1.48. The van der Waals surface area contributed by atoms with Gasteiger partial charge in [-0.25, -0.2) is 0 Å². The molecule has 0 aliphatic carbocycles. The van der Waals surface area contributed by atoms with Crippen LogP contribution >= 0.6 is 12.2 Å². The van der Waals surface area contributed by atoms with Gasteiger partial charge in [0.2, 0.25) is 5.56 Å². The first kappa shape index (κ1) is 14.7. The lowest BCUT2D eigenvalue weighted by Gasteiger charge is -2.11. The highest BCUT2D eigenvalue weighted by atomic mass is 32.1. The van der Waals surface area contributed by atoms with Crippen molar-refractivity contribution >= 4 is 28.8 Å². The Morgan fingerprint density at radius 1 is 1.29 bits per heavy atom. The normalized spacial score (nSPS) is 9.95. The summed E-state index contributed by atoms with van der Waals surface area (Å²) in [6.07, 6.45) is 1.34. The van der Waals surface area contributed by atoms with Gasteiger partial charge in [0.1, 0.15) is 10.7 Å². The van der Waals surface area contributed by atoms with Crippen LogP contribution < -0.4 is 21.3 Å². The Bertz CT molecular complexity index is 735. The Hall–Kier alpha value is -2.67. The molecule has 1 aromatic heterocycles. The van der Waals surface area contributed by atoms with Gasteiger partial charge in [0.25, 0.3) is 5.91 Å². The quantitative estimate of drug-likeness (QED) is 0.739. The molecule has 21 heavy (non-hydrogen) atoms. The number of H-pyrrole nitrogens is 1. The van der Waals surface area contributed by atoms with Crippen LogP contribution in [0.25, 0.3) is 0 Å². The van der Waals surface area contributed by atoms with Crippen LogP contribution in [0, 0.1) is 0 Å². The van der Waals surface area contributed by atoms with Crippen LogP contribution in [-0.4, -0.2) is 23.0 Å². The van der Waals surface area contributed by atoms with E-state index in [-0.39, 0.29) is 16.5 Å². The zero-order valence-corrected chi connectivity index (χ0v) is 12.0. The highest BCUT2D eigenvalue weighted by Gasteiger charge is 2.11. The summed E-state index contributed by atoms with van der Waals surface area (Å²) in [6, 6.07) is 7.70. The second kappa shape index (κ2) is 6.19. The van der Waals surface area contributed by atoms with Crippen LogP contribution in [0.15, 0.2) is 41.3 Å². The van der Waals surface area contributed by atoms with E-state index in [0.717, 1.165) is 0 Å². The molecule has 1 aromatic carbocycles. The first-order chi connectivity index (χ1) is 10.0. The number of nitrogens with two attached hydrogens (primary N) is 1. The van der Waals surface area contributed by atoms with Gasteiger partial charge in [0, 0.05) is 17.8 Å². The fourth-order valence-corrected chi connectivity index (χ4v) is 1.82. The van der Waals surface area contributed by atoms with E-state index in [4.69, 9.17) is 22.7 Å². The van der Waals surface area contributed by atoms with Gasteiger partial charge in [0.15, 0.2) is 0 Å². The lowest BCUT2D eigenvalue weighted by atomic mass is 10.1. The minimum atomic E-state index is -0.368. The standard InChI is InChI=1S/C14H13N3O3S/c1-20-11-6-8(13(15)21)2-4-10(11)17-14(19)9-3-5-12(18)16-7-9/h2-7H,1H3,(H2,15,21)(H,16,18)(H,17,19). The van der Waals surface area contributed by atoms with Crippen LogP contribution in [0.3, 0.4) is 0 Å². The van der Waals surface area contributed by atoms with Crippen LogP contribution in [0.1, 0.15) is 15.9 Å². The monoisotopic (exact) mass is 303 g/mol. The highest BCUT2D eigenvalue weighted by Crippen LogP contribution is 2.26. The molecule has 0 saturated carbocycles. The first-order valence-corrected chi connectivity index (χ1v) is 6.40. The number of anilines is 1. The van der Waals surface area contributed by atoms with Crippen molar-refractivity contribution in [1.29, 1.82) is 0 Å². The van der Waals surface area contributed by atoms with Crippen molar-refractivity contribution in [3.8, 4) is 5.75 Å². The number of nitrogens with one attached hydrogen (secondary N) is 2. The van der Waals surface area contributed by atoms with Crippen LogP contribution in [0.2, 0.25) is 0 Å². The van der Waals surface area contributed by atoms with Gasteiger partial charge in [0.05, 0.1) is 18.4 Å². The maximum atomic E-state index is 12.1. The molecule has 0 aliphatic heterocycles. The molecule has 0 saturated heterocycles. The molecule has 0 aliphatic rings. The molecule has 0 radical (unpaired) electrons. The first-order valence-electron chi connectivity index (χ1n) is 5.99. The molecular weight excluding hydrogens is 290 g/mol. The van der Waals surface area contributed by atoms with E-state index < -0.39 is 0 Å². The van der Waals surface area contributed by atoms with Crippen molar-refractivity contribution in [1.82, 2.24) is 4.98 Å². The van der Waals surface area contributed by atoms with E-state index >= 15 is 0 Å². The smallest absolute Gasteiger partial charge is 0.257 e. The van der Waals surface area contributed by atoms with Crippen molar-refractivity contribution in [2.45, 2.75) is 0 Å². The van der Waals surface area contributed by atoms with E-state index in [2.05, 4.69) is 10.3 Å². The van der Waals surface area contributed by atoms with E-state index in [1.165, 1.54) is 25.4 Å². The molecule has 1 heterocycles. The average Bonchev–Trinajstić information content (AvgIpc) is 2.48. The largest absolute Gasteiger partial charge is 0.495 e. The number of amides is 1. The number of aromatic nitrogens is 1. The van der Waals surface area contributed by atoms with Gasteiger partial charge in [-0.1, -0.05) is 12.2 Å². The Labute approximate surface area is 125 Å². The number of carbonyl (C=O) groups is 1. The van der Waals surface area contributed by atoms with Crippen LogP contribution in [-0.2, 0) is 0 Å². The SMILES string of the molecule is COc1cc(C(N)=S)ccc1NC(=O)c1ccc(=O)[nH]c1. The van der Waals surface area contributed by atoms with Crippen molar-refractivity contribution in [3.05, 3.63) is 58.0 Å². The van der Waals surface area contributed by atoms with Gasteiger partial charge in [-0.3, -0.25) is 9.59 Å². The number of benzene rings is 1. The van der Waals surface area contributed by atoms with E-state index in [0.29, 0.717) is 22.6 Å². The summed E-state index contributed by atoms with van der Waals surface area (Å²) in [5.41, 5.74) is 6.73. The zero-order chi connectivity index (χ0) is 15.4. The van der Waals surface area contributed by atoms with Crippen molar-refractivity contribution < 1.29 is 9.53 Å². The molecule has 6 nitrogen and oxygen atoms in total. The van der Waals surface area contributed by atoms with E-state index in [1.54, 1.807) is 18.2 Å². The fraction of sp³-hybridized carbons (Fsp3) is 0.0714. The summed E-state index contributed by atoms with van der Waals surface area (Å²) in [6.45, 7) is 0. The van der Waals surface area contributed by atoms with Gasteiger partial charge < -0.3 is 20.8 Å². The molecular formula is C14H13N3O3S. The number of carbonyl (C=O) groups excluding carboxylic acids is 1. The number of hydrogen-bond donors (Lipinski definition) is 3. The Morgan fingerprint density at radius 3 is 2.57 bits per heavy atom. The third-order valence-corrected chi connectivity index (χ3v) is 3.02. The molecule has 0 fully saturated rings. The number of aromatic amines is 1. The number of thiocarbonyl (C=S) groups is 1. The van der Waals surface area contributed by atoms with Crippen LogP contribution in [0.5, 0.6) is 5.75 Å². The molecule has 0 unspecified atom stereocenters. The molecule has 2 aromatic rings. The van der Waals surface area contributed by atoms with Gasteiger partial charge in [-0.05, 0) is 24.3 Å². The lowest BCUT2D eigenvalue weighted by molar-refractivity contribution is 0.102. The predicted octanol–water partition coefficient (Wildman–Crippen LogP) is 1.27. The summed E-state index contributed by atoms with van der Waals surface area (Å²) in [4.78, 5) is 25.7. The molecule has 7 heteroatoms. The maximum Gasteiger partial charge on any atom is 0.257 e.